The van der Waals surface area contributed by atoms with Crippen molar-refractivity contribution >= 4 is 0 Å². The van der Waals surface area contributed by atoms with E-state index in [-0.39, 0.29) is 0 Å². The zero-order valence-corrected chi connectivity index (χ0v) is 12.0. The van der Waals surface area contributed by atoms with Gasteiger partial charge in [-0.15, -0.1) is 0 Å². The molecule has 104 valence electrons. The summed E-state index contributed by atoms with van der Waals surface area (Å²) < 4.78 is 0. The summed E-state index contributed by atoms with van der Waals surface area (Å²) in [5, 5.41) is 0. The molecule has 1 atom stereocenters. The van der Waals surface area contributed by atoms with Crippen molar-refractivity contribution in [2.24, 2.45) is 11.5 Å². The van der Waals surface area contributed by atoms with Gasteiger partial charge < -0.3 is 16.4 Å². The fourth-order valence-corrected chi connectivity index (χ4v) is 2.19. The average molecular weight is 243 g/mol. The fraction of sp³-hybridized carbons (Fsp3) is 1.00. The Bertz CT molecular complexity index is 142. The van der Waals surface area contributed by atoms with Crippen molar-refractivity contribution in [3.8, 4) is 0 Å². The van der Waals surface area contributed by atoms with Gasteiger partial charge in [-0.2, -0.15) is 0 Å². The van der Waals surface area contributed by atoms with Gasteiger partial charge in [0.15, 0.2) is 0 Å². The van der Waals surface area contributed by atoms with E-state index in [2.05, 4.69) is 18.7 Å². The Morgan fingerprint density at radius 3 is 1.94 bits per heavy atom. The van der Waals surface area contributed by atoms with Crippen LogP contribution in [0.1, 0.15) is 58.8 Å². The zero-order chi connectivity index (χ0) is 12.9. The van der Waals surface area contributed by atoms with E-state index in [0.29, 0.717) is 6.04 Å². The number of nitrogens with two attached hydrogens (primary N) is 2. The van der Waals surface area contributed by atoms with E-state index in [4.69, 9.17) is 11.5 Å². The molecule has 0 saturated carbocycles. The van der Waals surface area contributed by atoms with E-state index < -0.39 is 0 Å². The van der Waals surface area contributed by atoms with Crippen LogP contribution < -0.4 is 11.5 Å². The van der Waals surface area contributed by atoms with Crippen molar-refractivity contribution in [1.29, 1.82) is 0 Å². The lowest BCUT2D eigenvalue weighted by Crippen LogP contribution is -2.36. The maximum absolute atomic E-state index is 5.59. The first-order valence-electron chi connectivity index (χ1n) is 7.40. The molecular weight excluding hydrogens is 210 g/mol. The number of nitrogens with zero attached hydrogens (tertiary/aromatic N) is 1. The van der Waals surface area contributed by atoms with Gasteiger partial charge in [0.2, 0.25) is 0 Å². The lowest BCUT2D eigenvalue weighted by molar-refractivity contribution is 0.193. The van der Waals surface area contributed by atoms with Crippen LogP contribution in [0.15, 0.2) is 0 Å². The Morgan fingerprint density at radius 2 is 1.47 bits per heavy atom. The molecule has 0 aliphatic heterocycles. The van der Waals surface area contributed by atoms with E-state index in [1.54, 1.807) is 0 Å². The van der Waals surface area contributed by atoms with Crippen LogP contribution >= 0.6 is 0 Å². The van der Waals surface area contributed by atoms with Gasteiger partial charge in [-0.05, 0) is 52.4 Å². The topological polar surface area (TPSA) is 55.3 Å². The molecule has 0 heterocycles. The number of rotatable bonds is 12. The minimum absolute atomic E-state index is 0.685. The zero-order valence-electron chi connectivity index (χ0n) is 12.0. The van der Waals surface area contributed by atoms with E-state index >= 15 is 0 Å². The first-order valence-corrected chi connectivity index (χ1v) is 7.40. The van der Waals surface area contributed by atoms with Crippen molar-refractivity contribution in [3.63, 3.8) is 0 Å². The molecular formula is C14H33N3. The van der Waals surface area contributed by atoms with E-state index in [1.807, 2.05) is 0 Å². The van der Waals surface area contributed by atoms with Crippen LogP contribution in [0, 0.1) is 0 Å². The monoisotopic (exact) mass is 243 g/mol. The molecule has 3 heteroatoms. The quantitative estimate of drug-likeness (QED) is 0.517. The third-order valence-corrected chi connectivity index (χ3v) is 3.40. The molecule has 0 aromatic carbocycles. The van der Waals surface area contributed by atoms with Crippen LogP contribution in [0.25, 0.3) is 0 Å². The Hall–Kier alpha value is -0.120. The van der Waals surface area contributed by atoms with Crippen LogP contribution in [0.4, 0.5) is 0 Å². The molecule has 0 amide bonds. The summed E-state index contributed by atoms with van der Waals surface area (Å²) >= 11 is 0. The molecule has 17 heavy (non-hydrogen) atoms. The molecule has 0 rings (SSSR count). The van der Waals surface area contributed by atoms with Crippen molar-refractivity contribution in [1.82, 2.24) is 4.90 Å². The van der Waals surface area contributed by atoms with Crippen molar-refractivity contribution < 1.29 is 0 Å². The van der Waals surface area contributed by atoms with Crippen molar-refractivity contribution in [2.75, 3.05) is 26.2 Å². The van der Waals surface area contributed by atoms with Crippen molar-refractivity contribution in [2.45, 2.75) is 64.8 Å². The molecule has 0 aromatic rings. The predicted molar refractivity (Wildman–Crippen MR) is 77.1 cm³/mol. The van der Waals surface area contributed by atoms with Crippen LogP contribution in [0.3, 0.4) is 0 Å². The SMILES string of the molecule is CCCCCCC(C)N(CCCN)CCCN. The molecule has 0 aromatic heterocycles. The summed E-state index contributed by atoms with van der Waals surface area (Å²) in [5.41, 5.74) is 11.2. The summed E-state index contributed by atoms with van der Waals surface area (Å²) in [6, 6.07) is 0.685. The lowest BCUT2D eigenvalue weighted by atomic mass is 10.1. The molecule has 3 nitrogen and oxygen atoms in total. The minimum atomic E-state index is 0.685. The summed E-state index contributed by atoms with van der Waals surface area (Å²) in [6.45, 7) is 8.46. The summed E-state index contributed by atoms with van der Waals surface area (Å²) in [7, 11) is 0. The molecule has 0 bridgehead atoms. The highest BCUT2D eigenvalue weighted by atomic mass is 15.1. The molecule has 0 aliphatic carbocycles. The fourth-order valence-electron chi connectivity index (χ4n) is 2.19. The molecule has 4 N–H and O–H groups in total. The van der Waals surface area contributed by atoms with Gasteiger partial charge in [-0.3, -0.25) is 0 Å². The van der Waals surface area contributed by atoms with Gasteiger partial charge in [0, 0.05) is 6.04 Å². The summed E-state index contributed by atoms with van der Waals surface area (Å²) in [6.07, 6.45) is 8.94. The van der Waals surface area contributed by atoms with Gasteiger partial charge in [0.1, 0.15) is 0 Å². The maximum atomic E-state index is 5.59. The second-order valence-corrected chi connectivity index (χ2v) is 5.02. The normalized spacial score (nSPS) is 13.2. The third kappa shape index (κ3) is 9.57. The molecule has 0 saturated heterocycles. The maximum Gasteiger partial charge on any atom is 0.00669 e. The van der Waals surface area contributed by atoms with Gasteiger partial charge >= 0.3 is 0 Å². The van der Waals surface area contributed by atoms with Gasteiger partial charge in [-0.25, -0.2) is 0 Å². The summed E-state index contributed by atoms with van der Waals surface area (Å²) in [4.78, 5) is 2.56. The Balaban J connectivity index is 3.80. The average Bonchev–Trinajstić information content (AvgIpc) is 2.34. The highest BCUT2D eigenvalue weighted by molar-refractivity contribution is 4.68. The van der Waals surface area contributed by atoms with Crippen LogP contribution in [-0.2, 0) is 0 Å². The first kappa shape index (κ1) is 16.9. The largest absolute Gasteiger partial charge is 0.330 e. The van der Waals surface area contributed by atoms with Crippen LogP contribution in [0.5, 0.6) is 0 Å². The third-order valence-electron chi connectivity index (χ3n) is 3.40. The second-order valence-electron chi connectivity index (χ2n) is 5.02. The van der Waals surface area contributed by atoms with Crippen LogP contribution in [-0.4, -0.2) is 37.1 Å². The van der Waals surface area contributed by atoms with Gasteiger partial charge in [0.05, 0.1) is 0 Å². The number of hydrogen-bond acceptors (Lipinski definition) is 3. The minimum Gasteiger partial charge on any atom is -0.330 e. The highest BCUT2D eigenvalue weighted by Crippen LogP contribution is 2.11. The highest BCUT2D eigenvalue weighted by Gasteiger charge is 2.12. The standard InChI is InChI=1S/C14H33N3/c1-3-4-5-6-9-14(2)17(12-7-10-15)13-8-11-16/h14H,3-13,15-16H2,1-2H3. The Labute approximate surface area is 108 Å². The van der Waals surface area contributed by atoms with E-state index in [9.17, 15) is 0 Å². The second kappa shape index (κ2) is 12.3. The van der Waals surface area contributed by atoms with Crippen molar-refractivity contribution in [3.05, 3.63) is 0 Å². The van der Waals surface area contributed by atoms with Gasteiger partial charge in [0.25, 0.3) is 0 Å². The smallest absolute Gasteiger partial charge is 0.00669 e. The molecule has 0 spiro atoms. The molecule has 1 unspecified atom stereocenters. The van der Waals surface area contributed by atoms with Crippen LogP contribution in [0.2, 0.25) is 0 Å². The van der Waals surface area contributed by atoms with E-state index in [1.165, 1.54) is 32.1 Å². The van der Waals surface area contributed by atoms with E-state index in [0.717, 1.165) is 39.0 Å². The number of hydrogen-bond donors (Lipinski definition) is 2. The summed E-state index contributed by atoms with van der Waals surface area (Å²) in [5.74, 6) is 0. The number of unbranched alkanes of at least 4 members (excludes halogenated alkanes) is 3. The Kier molecular flexibility index (Phi) is 12.3. The first-order chi connectivity index (χ1) is 8.26. The molecule has 0 aliphatic rings. The molecule has 0 fully saturated rings. The predicted octanol–water partition coefficient (Wildman–Crippen LogP) is 2.34. The molecule has 0 radical (unpaired) electrons. The van der Waals surface area contributed by atoms with Gasteiger partial charge in [-0.1, -0.05) is 32.6 Å². The Morgan fingerprint density at radius 1 is 0.882 bits per heavy atom. The lowest BCUT2D eigenvalue weighted by Gasteiger charge is -2.29.